The first-order valence-corrected chi connectivity index (χ1v) is 5.91. The highest BCUT2D eigenvalue weighted by Gasteiger charge is 2.00. The van der Waals surface area contributed by atoms with Gasteiger partial charge in [0.05, 0.1) is 0 Å². The Labute approximate surface area is 79.9 Å². The topological polar surface area (TPSA) is 46.2 Å². The van der Waals surface area contributed by atoms with E-state index in [4.69, 9.17) is 10.8 Å². The van der Waals surface area contributed by atoms with E-state index in [0.29, 0.717) is 0 Å². The van der Waals surface area contributed by atoms with Crippen molar-refractivity contribution >= 4 is 11.8 Å². The molecule has 0 aromatic heterocycles. The van der Waals surface area contributed by atoms with Gasteiger partial charge in [-0.3, -0.25) is 0 Å². The summed E-state index contributed by atoms with van der Waals surface area (Å²) in [5, 5.41) is 8.59. The zero-order valence-electron chi connectivity index (χ0n) is 7.96. The van der Waals surface area contributed by atoms with Crippen molar-refractivity contribution in [3.63, 3.8) is 0 Å². The lowest BCUT2D eigenvalue weighted by atomic mass is 10.3. The van der Waals surface area contributed by atoms with Gasteiger partial charge in [-0.05, 0) is 18.6 Å². The molecule has 0 spiro atoms. The first kappa shape index (κ1) is 12.3. The minimum absolute atomic E-state index is 0.182. The Hall–Kier alpha value is 0.270. The second kappa shape index (κ2) is 9.36. The van der Waals surface area contributed by atoms with Crippen LogP contribution in [0, 0.1) is 0 Å². The Morgan fingerprint density at radius 2 is 2.17 bits per heavy atom. The molecule has 0 fully saturated rings. The predicted molar refractivity (Wildman–Crippen MR) is 56.5 cm³/mol. The van der Waals surface area contributed by atoms with Gasteiger partial charge in [-0.2, -0.15) is 11.8 Å². The molecule has 0 aliphatic heterocycles. The van der Waals surface area contributed by atoms with Gasteiger partial charge in [0, 0.05) is 18.4 Å². The molecule has 74 valence electrons. The van der Waals surface area contributed by atoms with Gasteiger partial charge in [-0.1, -0.05) is 19.8 Å². The summed E-state index contributed by atoms with van der Waals surface area (Å²) in [6.07, 6.45) is 4.64. The van der Waals surface area contributed by atoms with Crippen molar-refractivity contribution in [2.45, 2.75) is 38.6 Å². The number of hydrogen-bond acceptors (Lipinski definition) is 3. The van der Waals surface area contributed by atoms with E-state index in [1.165, 1.54) is 25.0 Å². The van der Waals surface area contributed by atoms with Gasteiger partial charge < -0.3 is 10.8 Å². The Balaban J connectivity index is 2.97. The van der Waals surface area contributed by atoms with E-state index in [9.17, 15) is 0 Å². The molecule has 2 nitrogen and oxygen atoms in total. The van der Waals surface area contributed by atoms with Crippen LogP contribution in [0.1, 0.15) is 32.6 Å². The third-order valence-corrected chi connectivity index (χ3v) is 2.97. The molecule has 0 aromatic carbocycles. The summed E-state index contributed by atoms with van der Waals surface area (Å²) in [5.74, 6) is 2.21. The average molecular weight is 191 g/mol. The third-order valence-electron chi connectivity index (χ3n) is 1.72. The highest BCUT2D eigenvalue weighted by molar-refractivity contribution is 7.99. The molecule has 0 saturated carbocycles. The number of hydrogen-bond donors (Lipinski definition) is 2. The third kappa shape index (κ3) is 8.37. The van der Waals surface area contributed by atoms with Crippen molar-refractivity contribution in [1.82, 2.24) is 0 Å². The molecule has 1 atom stereocenters. The fourth-order valence-corrected chi connectivity index (χ4v) is 1.98. The predicted octanol–water partition coefficient (Wildman–Crippen LogP) is 1.62. The van der Waals surface area contributed by atoms with Crippen molar-refractivity contribution in [3.8, 4) is 0 Å². The van der Waals surface area contributed by atoms with Crippen molar-refractivity contribution < 1.29 is 5.11 Å². The van der Waals surface area contributed by atoms with Crippen molar-refractivity contribution in [2.75, 3.05) is 18.1 Å². The van der Waals surface area contributed by atoms with Gasteiger partial charge in [0.1, 0.15) is 0 Å². The van der Waals surface area contributed by atoms with Gasteiger partial charge in [0.2, 0.25) is 0 Å². The van der Waals surface area contributed by atoms with Crippen LogP contribution in [0.15, 0.2) is 0 Å². The number of rotatable bonds is 8. The fraction of sp³-hybridized carbons (Fsp3) is 1.00. The quantitative estimate of drug-likeness (QED) is 0.573. The largest absolute Gasteiger partial charge is 0.396 e. The molecule has 3 N–H and O–H groups in total. The fourth-order valence-electron chi connectivity index (χ4n) is 0.938. The van der Waals surface area contributed by atoms with E-state index in [1.54, 1.807) is 0 Å². The summed E-state index contributed by atoms with van der Waals surface area (Å²) in [6, 6.07) is 0.182. The molecule has 0 aliphatic carbocycles. The van der Waals surface area contributed by atoms with Gasteiger partial charge in [-0.15, -0.1) is 0 Å². The molecule has 3 heteroatoms. The normalized spacial score (nSPS) is 13.2. The van der Waals surface area contributed by atoms with E-state index in [2.05, 4.69) is 6.92 Å². The molecule has 0 radical (unpaired) electrons. The zero-order valence-corrected chi connectivity index (χ0v) is 8.78. The standard InChI is InChI=1S/C9H21NOS/c1-2-3-4-7-12-8-9(10)5-6-11/h9,11H,2-8,10H2,1H3. The maximum atomic E-state index is 8.59. The van der Waals surface area contributed by atoms with Crippen LogP contribution in [-0.2, 0) is 0 Å². The van der Waals surface area contributed by atoms with Crippen LogP contribution in [0.25, 0.3) is 0 Å². The minimum Gasteiger partial charge on any atom is -0.396 e. The Kier molecular flexibility index (Phi) is 9.57. The molecule has 1 unspecified atom stereocenters. The maximum absolute atomic E-state index is 8.59. The van der Waals surface area contributed by atoms with Crippen LogP contribution in [0.2, 0.25) is 0 Å². The van der Waals surface area contributed by atoms with E-state index >= 15 is 0 Å². The van der Waals surface area contributed by atoms with E-state index < -0.39 is 0 Å². The van der Waals surface area contributed by atoms with Crippen molar-refractivity contribution in [1.29, 1.82) is 0 Å². The number of aliphatic hydroxyl groups excluding tert-OH is 1. The zero-order chi connectivity index (χ0) is 9.23. The monoisotopic (exact) mass is 191 g/mol. The van der Waals surface area contributed by atoms with Gasteiger partial charge >= 0.3 is 0 Å². The summed E-state index contributed by atoms with van der Waals surface area (Å²) in [7, 11) is 0. The number of nitrogens with two attached hydrogens (primary N) is 1. The molecule has 0 amide bonds. The highest BCUT2D eigenvalue weighted by atomic mass is 32.2. The van der Waals surface area contributed by atoms with Crippen LogP contribution < -0.4 is 5.73 Å². The van der Waals surface area contributed by atoms with Gasteiger partial charge in [0.25, 0.3) is 0 Å². The van der Waals surface area contributed by atoms with Crippen LogP contribution >= 0.6 is 11.8 Å². The van der Waals surface area contributed by atoms with Crippen LogP contribution in [-0.4, -0.2) is 29.3 Å². The minimum atomic E-state index is 0.182. The molecular formula is C9H21NOS. The Bertz CT molecular complexity index is 90.6. The van der Waals surface area contributed by atoms with Crippen LogP contribution in [0.4, 0.5) is 0 Å². The molecule has 0 aliphatic rings. The first-order chi connectivity index (χ1) is 5.81. The molecule has 12 heavy (non-hydrogen) atoms. The molecular weight excluding hydrogens is 170 g/mol. The van der Waals surface area contributed by atoms with Crippen LogP contribution in [0.3, 0.4) is 0 Å². The van der Waals surface area contributed by atoms with Crippen molar-refractivity contribution in [3.05, 3.63) is 0 Å². The number of aliphatic hydroxyl groups is 1. The van der Waals surface area contributed by atoms with E-state index in [0.717, 1.165) is 12.2 Å². The summed E-state index contributed by atoms with van der Waals surface area (Å²) in [6.45, 7) is 2.43. The molecule has 0 rings (SSSR count). The summed E-state index contributed by atoms with van der Waals surface area (Å²) >= 11 is 1.91. The molecule has 0 bridgehead atoms. The first-order valence-electron chi connectivity index (χ1n) is 4.75. The van der Waals surface area contributed by atoms with Crippen LogP contribution in [0.5, 0.6) is 0 Å². The lowest BCUT2D eigenvalue weighted by Gasteiger charge is -2.08. The van der Waals surface area contributed by atoms with Gasteiger partial charge in [0.15, 0.2) is 0 Å². The molecule has 0 aromatic rings. The van der Waals surface area contributed by atoms with E-state index in [1.807, 2.05) is 11.8 Å². The Morgan fingerprint density at radius 1 is 1.42 bits per heavy atom. The van der Waals surface area contributed by atoms with Gasteiger partial charge in [-0.25, -0.2) is 0 Å². The SMILES string of the molecule is CCCCCSCC(N)CCO. The second-order valence-corrected chi connectivity index (χ2v) is 4.20. The molecule has 0 heterocycles. The maximum Gasteiger partial charge on any atom is 0.0446 e. The highest BCUT2D eigenvalue weighted by Crippen LogP contribution is 2.07. The van der Waals surface area contributed by atoms with Crippen molar-refractivity contribution in [2.24, 2.45) is 5.73 Å². The number of unbranched alkanes of at least 4 members (excludes halogenated alkanes) is 2. The summed E-state index contributed by atoms with van der Waals surface area (Å²) < 4.78 is 0. The Morgan fingerprint density at radius 3 is 2.75 bits per heavy atom. The lowest BCUT2D eigenvalue weighted by Crippen LogP contribution is -2.24. The smallest absolute Gasteiger partial charge is 0.0446 e. The second-order valence-electron chi connectivity index (χ2n) is 3.05. The molecule has 0 saturated heterocycles. The summed E-state index contributed by atoms with van der Waals surface area (Å²) in [4.78, 5) is 0. The van der Waals surface area contributed by atoms with E-state index in [-0.39, 0.29) is 12.6 Å². The lowest BCUT2D eigenvalue weighted by molar-refractivity contribution is 0.279. The summed E-state index contributed by atoms with van der Waals surface area (Å²) in [5.41, 5.74) is 5.72. The number of thioether (sulfide) groups is 1. The average Bonchev–Trinajstić information content (AvgIpc) is 2.05.